The quantitative estimate of drug-likeness (QED) is 0.486. The maximum atomic E-state index is 12.6. The minimum atomic E-state index is -0.693. The molecule has 1 heterocycles. The van der Waals surface area contributed by atoms with Crippen LogP contribution in [0.5, 0.6) is 11.5 Å². The lowest BCUT2D eigenvalue weighted by Crippen LogP contribution is -2.47. The third-order valence-corrected chi connectivity index (χ3v) is 5.13. The number of carbonyl (C=O) groups excluding carboxylic acids is 1. The summed E-state index contributed by atoms with van der Waals surface area (Å²) in [5.74, 6) is 0.579. The molecule has 1 N–H and O–H groups in total. The number of thiocarbonyl (C=S) groups is 1. The molecule has 1 aromatic rings. The number of benzene rings is 1. The summed E-state index contributed by atoms with van der Waals surface area (Å²) in [4.78, 5) is 25.6. The van der Waals surface area contributed by atoms with Crippen LogP contribution in [0.15, 0.2) is 23.4 Å². The van der Waals surface area contributed by atoms with Crippen molar-refractivity contribution >= 4 is 28.8 Å². The summed E-state index contributed by atoms with van der Waals surface area (Å²) < 4.78 is 10.5. The van der Waals surface area contributed by atoms with Gasteiger partial charge in [-0.15, -0.1) is 0 Å². The first-order chi connectivity index (χ1) is 12.4. The van der Waals surface area contributed by atoms with Gasteiger partial charge in [-0.25, -0.2) is 0 Å². The fraction of sp³-hybridized carbons (Fsp3) is 0.412. The van der Waals surface area contributed by atoms with Crippen LogP contribution in [0.1, 0.15) is 30.9 Å². The van der Waals surface area contributed by atoms with Gasteiger partial charge in [0.25, 0.3) is 5.69 Å². The van der Waals surface area contributed by atoms with Crippen LogP contribution in [-0.4, -0.2) is 42.0 Å². The summed E-state index contributed by atoms with van der Waals surface area (Å²) in [6.45, 7) is 0. The van der Waals surface area contributed by atoms with E-state index in [1.165, 1.54) is 26.4 Å². The second-order valence-corrected chi connectivity index (χ2v) is 6.49. The first-order valence-corrected chi connectivity index (χ1v) is 8.50. The fourth-order valence-electron chi connectivity index (χ4n) is 3.44. The normalized spacial score (nSPS) is 19.8. The molecule has 9 heteroatoms. The number of nitrogens with one attached hydrogen (secondary N) is 1. The van der Waals surface area contributed by atoms with E-state index in [4.69, 9.17) is 21.7 Å². The van der Waals surface area contributed by atoms with Gasteiger partial charge < -0.3 is 19.7 Å². The van der Waals surface area contributed by atoms with Crippen LogP contribution >= 0.6 is 12.2 Å². The van der Waals surface area contributed by atoms with Crippen molar-refractivity contribution in [3.63, 3.8) is 0 Å². The number of allylic oxidation sites excluding steroid dienone is 1. The van der Waals surface area contributed by atoms with Crippen molar-refractivity contribution in [2.75, 3.05) is 21.3 Å². The van der Waals surface area contributed by atoms with Crippen molar-refractivity contribution in [3.05, 3.63) is 39.1 Å². The molecule has 138 valence electrons. The Morgan fingerprint density at radius 1 is 1.27 bits per heavy atom. The Morgan fingerprint density at radius 3 is 2.54 bits per heavy atom. The van der Waals surface area contributed by atoms with E-state index in [2.05, 4.69) is 5.32 Å². The number of carbonyl (C=O) groups is 1. The number of nitro benzene ring substituents is 1. The third kappa shape index (κ3) is 2.88. The van der Waals surface area contributed by atoms with E-state index in [0.717, 1.165) is 12.1 Å². The molecule has 8 nitrogen and oxygen atoms in total. The van der Waals surface area contributed by atoms with Gasteiger partial charge in [0.2, 0.25) is 0 Å². The highest BCUT2D eigenvalue weighted by molar-refractivity contribution is 7.80. The number of nitrogens with zero attached hydrogens (tertiary/aromatic N) is 2. The van der Waals surface area contributed by atoms with Crippen molar-refractivity contribution in [1.29, 1.82) is 0 Å². The van der Waals surface area contributed by atoms with Gasteiger partial charge in [0, 0.05) is 24.7 Å². The van der Waals surface area contributed by atoms with Gasteiger partial charge in [-0.1, -0.05) is 0 Å². The molecule has 3 rings (SSSR count). The molecule has 26 heavy (non-hydrogen) atoms. The van der Waals surface area contributed by atoms with Gasteiger partial charge >= 0.3 is 0 Å². The lowest BCUT2D eigenvalue weighted by atomic mass is 9.84. The summed E-state index contributed by atoms with van der Waals surface area (Å²) in [5.41, 5.74) is 1.52. The second kappa shape index (κ2) is 6.91. The Morgan fingerprint density at radius 2 is 1.92 bits per heavy atom. The number of nitro groups is 1. The van der Waals surface area contributed by atoms with Crippen LogP contribution in [0.3, 0.4) is 0 Å². The number of ether oxygens (including phenoxy) is 2. The van der Waals surface area contributed by atoms with Crippen molar-refractivity contribution < 1.29 is 19.2 Å². The van der Waals surface area contributed by atoms with Gasteiger partial charge in [-0.05, 0) is 31.1 Å². The summed E-state index contributed by atoms with van der Waals surface area (Å²) in [5, 5.41) is 15.2. The van der Waals surface area contributed by atoms with Gasteiger partial charge in [-0.3, -0.25) is 14.9 Å². The van der Waals surface area contributed by atoms with Crippen molar-refractivity contribution in [2.24, 2.45) is 0 Å². The molecule has 0 saturated heterocycles. The minimum absolute atomic E-state index is 0.0258. The highest BCUT2D eigenvalue weighted by atomic mass is 32.1. The maximum Gasteiger partial charge on any atom is 0.279 e. The standard InChI is InChI=1S/C17H19N3O5S/c1-19-10-5-4-6-12(21)15(10)16(18-17(19)26)9-7-13(24-2)14(25-3)8-11(9)20(22)23/h7-8,16H,4-6H2,1-3H3,(H,18,26). The third-order valence-electron chi connectivity index (χ3n) is 4.74. The van der Waals surface area contributed by atoms with Crippen LogP contribution in [0.4, 0.5) is 5.69 Å². The summed E-state index contributed by atoms with van der Waals surface area (Å²) in [7, 11) is 4.66. The first kappa shape index (κ1) is 18.1. The van der Waals surface area contributed by atoms with Crippen molar-refractivity contribution in [3.8, 4) is 11.5 Å². The molecule has 0 bridgehead atoms. The Labute approximate surface area is 155 Å². The van der Waals surface area contributed by atoms with Crippen LogP contribution in [0.2, 0.25) is 0 Å². The summed E-state index contributed by atoms with van der Waals surface area (Å²) in [6, 6.07) is 2.15. The molecule has 1 aliphatic carbocycles. The lowest BCUT2D eigenvalue weighted by Gasteiger charge is -2.38. The molecule has 1 unspecified atom stereocenters. The highest BCUT2D eigenvalue weighted by Crippen LogP contribution is 2.43. The molecule has 2 aliphatic rings. The van der Waals surface area contributed by atoms with Crippen LogP contribution in [-0.2, 0) is 4.79 Å². The zero-order chi connectivity index (χ0) is 19.0. The number of ketones is 1. The molecule has 0 fully saturated rings. The molecule has 0 amide bonds. The Bertz CT molecular complexity index is 836. The monoisotopic (exact) mass is 377 g/mol. The molecule has 1 aromatic carbocycles. The molecule has 0 radical (unpaired) electrons. The van der Waals surface area contributed by atoms with Gasteiger partial charge in [0.05, 0.1) is 36.8 Å². The molecular formula is C17H19N3O5S. The average Bonchev–Trinajstić information content (AvgIpc) is 2.63. The van der Waals surface area contributed by atoms with Gasteiger partial charge in [-0.2, -0.15) is 0 Å². The molecule has 1 aliphatic heterocycles. The largest absolute Gasteiger partial charge is 0.493 e. The Balaban J connectivity index is 2.24. The molecule has 1 atom stereocenters. The Hall–Kier alpha value is -2.68. The lowest BCUT2D eigenvalue weighted by molar-refractivity contribution is -0.385. The van der Waals surface area contributed by atoms with E-state index in [9.17, 15) is 14.9 Å². The topological polar surface area (TPSA) is 93.9 Å². The van der Waals surface area contributed by atoms with E-state index in [-0.39, 0.29) is 17.2 Å². The van der Waals surface area contributed by atoms with Gasteiger partial charge in [0.1, 0.15) is 0 Å². The van der Waals surface area contributed by atoms with Gasteiger partial charge in [0.15, 0.2) is 22.4 Å². The summed E-state index contributed by atoms with van der Waals surface area (Å²) in [6.07, 6.45) is 1.86. The van der Waals surface area contributed by atoms with E-state index in [1.54, 1.807) is 11.9 Å². The summed E-state index contributed by atoms with van der Waals surface area (Å²) >= 11 is 5.37. The SMILES string of the molecule is COc1cc(C2NC(=S)N(C)C3=C2C(=O)CCC3)c([N+](=O)[O-])cc1OC. The van der Waals surface area contributed by atoms with E-state index < -0.39 is 11.0 Å². The number of rotatable bonds is 4. The number of hydrogen-bond donors (Lipinski definition) is 1. The van der Waals surface area contributed by atoms with Crippen LogP contribution in [0.25, 0.3) is 0 Å². The Kier molecular flexibility index (Phi) is 4.82. The highest BCUT2D eigenvalue weighted by Gasteiger charge is 2.39. The predicted molar refractivity (Wildman–Crippen MR) is 98.3 cm³/mol. The van der Waals surface area contributed by atoms with Crippen molar-refractivity contribution in [2.45, 2.75) is 25.3 Å². The van der Waals surface area contributed by atoms with E-state index in [1.807, 2.05) is 0 Å². The predicted octanol–water partition coefficient (Wildman–Crippen LogP) is 2.48. The average molecular weight is 377 g/mol. The maximum absolute atomic E-state index is 12.6. The number of hydrogen-bond acceptors (Lipinski definition) is 6. The minimum Gasteiger partial charge on any atom is -0.493 e. The second-order valence-electron chi connectivity index (χ2n) is 6.10. The smallest absolute Gasteiger partial charge is 0.279 e. The van der Waals surface area contributed by atoms with Crippen molar-refractivity contribution in [1.82, 2.24) is 10.2 Å². The van der Waals surface area contributed by atoms with Crippen LogP contribution in [0, 0.1) is 10.1 Å². The molecular weight excluding hydrogens is 358 g/mol. The first-order valence-electron chi connectivity index (χ1n) is 8.09. The zero-order valence-electron chi connectivity index (χ0n) is 14.7. The fourth-order valence-corrected chi connectivity index (χ4v) is 3.67. The number of methoxy groups -OCH3 is 2. The zero-order valence-corrected chi connectivity index (χ0v) is 15.5. The molecule has 0 saturated carbocycles. The molecule has 0 spiro atoms. The van der Waals surface area contributed by atoms with E-state index in [0.29, 0.717) is 34.8 Å². The number of Topliss-reactive ketones (excluding diaryl/α,β-unsaturated/α-hetero) is 1. The van der Waals surface area contributed by atoms with E-state index >= 15 is 0 Å². The van der Waals surface area contributed by atoms with Crippen LogP contribution < -0.4 is 14.8 Å². The molecule has 0 aromatic heterocycles.